The first-order valence-corrected chi connectivity index (χ1v) is 7.72. The number of hydrogen-bond donors (Lipinski definition) is 2. The van der Waals surface area contributed by atoms with E-state index in [1.165, 1.54) is 18.2 Å². The fraction of sp³-hybridized carbons (Fsp3) is 0.133. The fourth-order valence-electron chi connectivity index (χ4n) is 1.97. The Morgan fingerprint density at radius 1 is 1.05 bits per heavy atom. The van der Waals surface area contributed by atoms with Gasteiger partial charge in [0.25, 0.3) is 10.0 Å². The molecule has 6 heteroatoms. The Morgan fingerprint density at radius 3 is 2.38 bits per heavy atom. The first-order valence-electron chi connectivity index (χ1n) is 6.24. The molecule has 0 aliphatic heterocycles. The molecule has 0 amide bonds. The van der Waals surface area contributed by atoms with Gasteiger partial charge < -0.3 is 5.11 Å². The monoisotopic (exact) mass is 305 g/mol. The van der Waals surface area contributed by atoms with E-state index in [0.717, 1.165) is 5.56 Å². The number of anilines is 1. The largest absolute Gasteiger partial charge is 0.478 e. The molecule has 0 radical (unpaired) electrons. The number of carboxylic acid groups (broad SMARTS) is 1. The molecular weight excluding hydrogens is 290 g/mol. The predicted molar refractivity (Wildman–Crippen MR) is 80.1 cm³/mol. The lowest BCUT2D eigenvalue weighted by molar-refractivity contribution is 0.0698. The molecule has 0 aliphatic rings. The number of hydrogen-bond acceptors (Lipinski definition) is 3. The van der Waals surface area contributed by atoms with Crippen LogP contribution in [0.25, 0.3) is 0 Å². The molecule has 0 spiro atoms. The second-order valence-corrected chi connectivity index (χ2v) is 6.31. The molecule has 0 saturated carbocycles. The number of nitrogens with one attached hydrogen (secondary N) is 1. The van der Waals surface area contributed by atoms with Crippen LogP contribution in [-0.2, 0) is 10.0 Å². The van der Waals surface area contributed by atoms with E-state index in [0.29, 0.717) is 5.56 Å². The van der Waals surface area contributed by atoms with Gasteiger partial charge in [-0.25, -0.2) is 13.2 Å². The summed E-state index contributed by atoms with van der Waals surface area (Å²) in [7, 11) is -3.84. The topological polar surface area (TPSA) is 83.5 Å². The third kappa shape index (κ3) is 3.05. The first kappa shape index (κ1) is 15.1. The van der Waals surface area contributed by atoms with Gasteiger partial charge in [-0.05, 0) is 43.2 Å². The van der Waals surface area contributed by atoms with E-state index in [2.05, 4.69) is 4.72 Å². The highest BCUT2D eigenvalue weighted by Gasteiger charge is 2.20. The molecule has 2 N–H and O–H groups in total. The second kappa shape index (κ2) is 5.57. The van der Waals surface area contributed by atoms with Gasteiger partial charge >= 0.3 is 5.97 Å². The Hall–Kier alpha value is -2.34. The van der Waals surface area contributed by atoms with Crippen molar-refractivity contribution < 1.29 is 18.3 Å². The molecule has 0 aliphatic carbocycles. The molecule has 0 heterocycles. The van der Waals surface area contributed by atoms with Gasteiger partial charge in [-0.3, -0.25) is 4.72 Å². The quantitative estimate of drug-likeness (QED) is 0.909. The predicted octanol–water partition coefficient (Wildman–Crippen LogP) is 2.80. The van der Waals surface area contributed by atoms with Gasteiger partial charge in [0.1, 0.15) is 0 Å². The molecule has 0 saturated heterocycles. The van der Waals surface area contributed by atoms with Crippen molar-refractivity contribution in [3.63, 3.8) is 0 Å². The smallest absolute Gasteiger partial charge is 0.337 e. The van der Waals surface area contributed by atoms with Gasteiger partial charge in [0, 0.05) is 0 Å². The summed E-state index contributed by atoms with van der Waals surface area (Å²) in [6, 6.07) is 10.9. The van der Waals surface area contributed by atoms with Crippen LogP contribution in [-0.4, -0.2) is 19.5 Å². The lowest BCUT2D eigenvalue weighted by atomic mass is 10.1. The van der Waals surface area contributed by atoms with Gasteiger partial charge in [-0.2, -0.15) is 0 Å². The SMILES string of the molecule is Cc1cccc(S(=O)(=O)Nc2ccccc2C(=O)O)c1C. The van der Waals surface area contributed by atoms with E-state index in [4.69, 9.17) is 5.11 Å². The summed E-state index contributed by atoms with van der Waals surface area (Å²) in [5, 5.41) is 9.10. The number of para-hydroxylation sites is 1. The summed E-state index contributed by atoms with van der Waals surface area (Å²) < 4.78 is 27.2. The maximum atomic E-state index is 12.4. The van der Waals surface area contributed by atoms with Crippen molar-refractivity contribution in [3.8, 4) is 0 Å². The van der Waals surface area contributed by atoms with E-state index in [9.17, 15) is 13.2 Å². The molecule has 0 unspecified atom stereocenters. The van der Waals surface area contributed by atoms with Crippen LogP contribution in [0.2, 0.25) is 0 Å². The van der Waals surface area contributed by atoms with Crippen LogP contribution >= 0.6 is 0 Å². The zero-order valence-corrected chi connectivity index (χ0v) is 12.4. The van der Waals surface area contributed by atoms with Crippen molar-refractivity contribution in [2.75, 3.05) is 4.72 Å². The molecule has 2 aromatic carbocycles. The van der Waals surface area contributed by atoms with Gasteiger partial charge in [0.05, 0.1) is 16.1 Å². The highest BCUT2D eigenvalue weighted by atomic mass is 32.2. The van der Waals surface area contributed by atoms with Crippen molar-refractivity contribution in [1.82, 2.24) is 0 Å². The number of benzene rings is 2. The molecule has 21 heavy (non-hydrogen) atoms. The third-order valence-electron chi connectivity index (χ3n) is 3.25. The zero-order chi connectivity index (χ0) is 15.6. The first-order chi connectivity index (χ1) is 9.83. The Balaban J connectivity index is 2.48. The van der Waals surface area contributed by atoms with Crippen molar-refractivity contribution in [3.05, 3.63) is 59.2 Å². The molecular formula is C15H15NO4S. The summed E-state index contributed by atoms with van der Waals surface area (Å²) in [6.07, 6.45) is 0. The van der Waals surface area contributed by atoms with E-state index in [-0.39, 0.29) is 16.1 Å². The highest BCUT2D eigenvalue weighted by Crippen LogP contribution is 2.23. The van der Waals surface area contributed by atoms with Gasteiger partial charge in [-0.15, -0.1) is 0 Å². The number of aromatic carboxylic acids is 1. The highest BCUT2D eigenvalue weighted by molar-refractivity contribution is 7.92. The van der Waals surface area contributed by atoms with E-state index >= 15 is 0 Å². The number of carboxylic acids is 1. The van der Waals surface area contributed by atoms with Crippen LogP contribution in [0, 0.1) is 13.8 Å². The number of sulfonamides is 1. The minimum atomic E-state index is -3.84. The molecule has 0 bridgehead atoms. The molecule has 0 aromatic heterocycles. The summed E-state index contributed by atoms with van der Waals surface area (Å²) in [6.45, 7) is 3.53. The minimum absolute atomic E-state index is 0.0471. The molecule has 2 rings (SSSR count). The average Bonchev–Trinajstić information content (AvgIpc) is 2.41. The van der Waals surface area contributed by atoms with Crippen LogP contribution in [0.1, 0.15) is 21.5 Å². The molecule has 0 fully saturated rings. The van der Waals surface area contributed by atoms with Crippen LogP contribution in [0.3, 0.4) is 0 Å². The Labute approximate surface area is 123 Å². The Morgan fingerprint density at radius 2 is 1.71 bits per heavy atom. The number of aryl methyl sites for hydroxylation is 1. The van der Waals surface area contributed by atoms with E-state index < -0.39 is 16.0 Å². The summed E-state index contributed by atoms with van der Waals surface area (Å²) in [5.41, 5.74) is 1.44. The van der Waals surface area contributed by atoms with E-state index in [1.807, 2.05) is 13.0 Å². The second-order valence-electron chi connectivity index (χ2n) is 4.65. The fourth-order valence-corrected chi connectivity index (χ4v) is 3.37. The molecule has 5 nitrogen and oxygen atoms in total. The lowest BCUT2D eigenvalue weighted by Gasteiger charge is -2.13. The normalized spacial score (nSPS) is 11.1. The molecule has 0 atom stereocenters. The maximum absolute atomic E-state index is 12.4. The standard InChI is InChI=1S/C15H15NO4S/c1-10-6-5-9-14(11(10)2)21(19,20)16-13-8-4-3-7-12(13)15(17)18/h3-9,16H,1-2H3,(H,17,18). The van der Waals surface area contributed by atoms with Gasteiger partial charge in [-0.1, -0.05) is 24.3 Å². The molecule has 2 aromatic rings. The molecule has 110 valence electrons. The van der Waals surface area contributed by atoms with Crippen LogP contribution in [0.5, 0.6) is 0 Å². The van der Waals surface area contributed by atoms with Crippen LogP contribution in [0.15, 0.2) is 47.4 Å². The third-order valence-corrected chi connectivity index (χ3v) is 4.76. The van der Waals surface area contributed by atoms with E-state index in [1.54, 1.807) is 25.1 Å². The lowest BCUT2D eigenvalue weighted by Crippen LogP contribution is -2.16. The van der Waals surface area contributed by atoms with Crippen LogP contribution < -0.4 is 4.72 Å². The van der Waals surface area contributed by atoms with Crippen LogP contribution in [0.4, 0.5) is 5.69 Å². The Kier molecular flexibility index (Phi) is 3.99. The average molecular weight is 305 g/mol. The van der Waals surface area contributed by atoms with Crippen molar-refractivity contribution in [2.45, 2.75) is 18.7 Å². The Bertz CT molecular complexity index is 797. The minimum Gasteiger partial charge on any atom is -0.478 e. The van der Waals surface area contributed by atoms with Crippen molar-refractivity contribution >= 4 is 21.7 Å². The summed E-state index contributed by atoms with van der Waals surface area (Å²) >= 11 is 0. The number of carbonyl (C=O) groups is 1. The maximum Gasteiger partial charge on any atom is 0.337 e. The van der Waals surface area contributed by atoms with Crippen molar-refractivity contribution in [2.24, 2.45) is 0 Å². The van der Waals surface area contributed by atoms with Gasteiger partial charge in [0.15, 0.2) is 0 Å². The zero-order valence-electron chi connectivity index (χ0n) is 11.6. The number of rotatable bonds is 4. The van der Waals surface area contributed by atoms with Crippen molar-refractivity contribution in [1.29, 1.82) is 0 Å². The van der Waals surface area contributed by atoms with Gasteiger partial charge in [0.2, 0.25) is 0 Å². The summed E-state index contributed by atoms with van der Waals surface area (Å²) in [5.74, 6) is -1.19. The summed E-state index contributed by atoms with van der Waals surface area (Å²) in [4.78, 5) is 11.3.